The van der Waals surface area contributed by atoms with E-state index in [0.29, 0.717) is 0 Å². The van der Waals surface area contributed by atoms with Crippen molar-refractivity contribution >= 4 is 5.91 Å². The van der Waals surface area contributed by atoms with Crippen LogP contribution >= 0.6 is 0 Å². The van der Waals surface area contributed by atoms with E-state index >= 15 is 0 Å². The van der Waals surface area contributed by atoms with Crippen molar-refractivity contribution < 1.29 is 9.18 Å². The van der Waals surface area contributed by atoms with E-state index in [2.05, 4.69) is 4.90 Å². The van der Waals surface area contributed by atoms with Gasteiger partial charge in [-0.3, -0.25) is 9.69 Å². The summed E-state index contributed by atoms with van der Waals surface area (Å²) in [7, 11) is 0. The van der Waals surface area contributed by atoms with Crippen molar-refractivity contribution in [3.8, 4) is 0 Å². The highest BCUT2D eigenvalue weighted by molar-refractivity contribution is 5.73. The highest BCUT2D eigenvalue weighted by atomic mass is 19.1. The van der Waals surface area contributed by atoms with Crippen molar-refractivity contribution in [2.24, 2.45) is 0 Å². The molecule has 0 bridgehead atoms. The molecule has 1 fully saturated rings. The van der Waals surface area contributed by atoms with Crippen molar-refractivity contribution in [3.05, 3.63) is 35.1 Å². The number of nitrogens with zero attached hydrogens (tertiary/aromatic N) is 2. The lowest BCUT2D eigenvalue weighted by atomic mass is 10.1. The highest BCUT2D eigenvalue weighted by Gasteiger charge is 2.18. The molecule has 1 aromatic carbocycles. The molecule has 18 heavy (non-hydrogen) atoms. The summed E-state index contributed by atoms with van der Waals surface area (Å²) in [5.41, 5.74) is 2.15. The van der Waals surface area contributed by atoms with E-state index in [-0.39, 0.29) is 11.7 Å². The maximum absolute atomic E-state index is 13.2. The predicted octanol–water partition coefficient (Wildman–Crippen LogP) is 1.80. The summed E-state index contributed by atoms with van der Waals surface area (Å²) in [5.74, 6) is -0.0467. The maximum Gasteiger partial charge on any atom is 0.219 e. The van der Waals surface area contributed by atoms with Gasteiger partial charge in [-0.25, -0.2) is 4.39 Å². The van der Waals surface area contributed by atoms with Crippen LogP contribution in [0.2, 0.25) is 0 Å². The zero-order chi connectivity index (χ0) is 13.1. The number of halogens is 1. The van der Waals surface area contributed by atoms with Gasteiger partial charge in [0.05, 0.1) is 0 Å². The van der Waals surface area contributed by atoms with E-state index in [1.807, 2.05) is 17.9 Å². The summed E-state index contributed by atoms with van der Waals surface area (Å²) in [6.45, 7) is 7.61. The summed E-state index contributed by atoms with van der Waals surface area (Å²) in [6, 6.07) is 4.91. The van der Waals surface area contributed by atoms with Crippen molar-refractivity contribution in [1.29, 1.82) is 0 Å². The minimum absolute atomic E-state index is 0.136. The molecule has 0 saturated carbocycles. The van der Waals surface area contributed by atoms with E-state index in [0.717, 1.165) is 43.9 Å². The second-order valence-electron chi connectivity index (χ2n) is 4.85. The summed E-state index contributed by atoms with van der Waals surface area (Å²) in [5, 5.41) is 0. The Labute approximate surface area is 107 Å². The number of hydrogen-bond acceptors (Lipinski definition) is 2. The molecular weight excluding hydrogens is 231 g/mol. The third-order valence-electron chi connectivity index (χ3n) is 3.52. The summed E-state index contributed by atoms with van der Waals surface area (Å²) >= 11 is 0. The normalized spacial score (nSPS) is 16.9. The lowest BCUT2D eigenvalue weighted by Crippen LogP contribution is -2.47. The topological polar surface area (TPSA) is 23.6 Å². The minimum atomic E-state index is -0.182. The lowest BCUT2D eigenvalue weighted by Gasteiger charge is -2.34. The summed E-state index contributed by atoms with van der Waals surface area (Å²) in [6.07, 6.45) is 0. The molecule has 0 radical (unpaired) electrons. The smallest absolute Gasteiger partial charge is 0.219 e. The number of hydrogen-bond donors (Lipinski definition) is 0. The average molecular weight is 250 g/mol. The van der Waals surface area contributed by atoms with E-state index < -0.39 is 0 Å². The molecular formula is C14H19FN2O. The quantitative estimate of drug-likeness (QED) is 0.799. The number of aryl methyl sites for hydroxylation is 1. The predicted molar refractivity (Wildman–Crippen MR) is 68.7 cm³/mol. The molecule has 1 saturated heterocycles. The number of rotatable bonds is 2. The van der Waals surface area contributed by atoms with Crippen molar-refractivity contribution in [1.82, 2.24) is 9.80 Å². The Kier molecular flexibility index (Phi) is 3.97. The largest absolute Gasteiger partial charge is 0.340 e. The van der Waals surface area contributed by atoms with Crippen LogP contribution in [0.5, 0.6) is 0 Å². The third-order valence-corrected chi connectivity index (χ3v) is 3.52. The molecule has 0 aliphatic carbocycles. The Bertz CT molecular complexity index is 439. The number of amides is 1. The molecule has 2 rings (SSSR count). The molecule has 0 spiro atoms. The van der Waals surface area contributed by atoms with Gasteiger partial charge >= 0.3 is 0 Å². The van der Waals surface area contributed by atoms with Gasteiger partial charge in [0.1, 0.15) is 5.82 Å². The fourth-order valence-corrected chi connectivity index (χ4v) is 2.27. The molecule has 0 aromatic heterocycles. The molecule has 1 aliphatic heterocycles. The zero-order valence-corrected chi connectivity index (χ0v) is 10.9. The first-order valence-corrected chi connectivity index (χ1v) is 6.29. The zero-order valence-electron chi connectivity index (χ0n) is 10.9. The van der Waals surface area contributed by atoms with Crippen LogP contribution in [0.4, 0.5) is 4.39 Å². The summed E-state index contributed by atoms with van der Waals surface area (Å²) in [4.78, 5) is 15.3. The second-order valence-corrected chi connectivity index (χ2v) is 4.85. The van der Waals surface area contributed by atoms with Crippen molar-refractivity contribution in [2.45, 2.75) is 20.4 Å². The standard InChI is InChI=1S/C14H19FN2O/c1-11-3-4-14(15)9-13(11)10-16-5-7-17(8-6-16)12(2)18/h3-4,9H,5-8,10H2,1-2H3. The molecule has 4 heteroatoms. The second kappa shape index (κ2) is 5.48. The lowest BCUT2D eigenvalue weighted by molar-refractivity contribution is -0.130. The Morgan fingerprint density at radius 3 is 2.56 bits per heavy atom. The van der Waals surface area contributed by atoms with E-state index in [1.165, 1.54) is 6.07 Å². The maximum atomic E-state index is 13.2. The minimum Gasteiger partial charge on any atom is -0.340 e. The van der Waals surface area contributed by atoms with Crippen LogP contribution in [0.3, 0.4) is 0 Å². The Hall–Kier alpha value is -1.42. The fourth-order valence-electron chi connectivity index (χ4n) is 2.27. The third kappa shape index (κ3) is 3.07. The van der Waals surface area contributed by atoms with E-state index in [4.69, 9.17) is 0 Å². The first kappa shape index (κ1) is 13.0. The number of carbonyl (C=O) groups excluding carboxylic acids is 1. The van der Waals surface area contributed by atoms with Gasteiger partial charge < -0.3 is 4.90 Å². The van der Waals surface area contributed by atoms with Crippen LogP contribution in [-0.4, -0.2) is 41.9 Å². The van der Waals surface area contributed by atoms with Crippen molar-refractivity contribution in [3.63, 3.8) is 0 Å². The van der Waals surface area contributed by atoms with Gasteiger partial charge in [0, 0.05) is 39.6 Å². The van der Waals surface area contributed by atoms with E-state index in [1.54, 1.807) is 13.0 Å². The van der Waals surface area contributed by atoms with Gasteiger partial charge in [0.25, 0.3) is 0 Å². The Morgan fingerprint density at radius 2 is 1.94 bits per heavy atom. The van der Waals surface area contributed by atoms with Crippen molar-refractivity contribution in [2.75, 3.05) is 26.2 Å². The molecule has 3 nitrogen and oxygen atoms in total. The molecule has 0 N–H and O–H groups in total. The highest BCUT2D eigenvalue weighted by Crippen LogP contribution is 2.14. The molecule has 1 amide bonds. The van der Waals surface area contributed by atoms with Crippen LogP contribution in [0.15, 0.2) is 18.2 Å². The van der Waals surface area contributed by atoms with Crippen LogP contribution in [0.1, 0.15) is 18.1 Å². The molecule has 1 aliphatic rings. The van der Waals surface area contributed by atoms with Gasteiger partial charge in [0.15, 0.2) is 0 Å². The average Bonchev–Trinajstić information content (AvgIpc) is 2.34. The fraction of sp³-hybridized carbons (Fsp3) is 0.500. The van der Waals surface area contributed by atoms with Gasteiger partial charge in [-0.15, -0.1) is 0 Å². The molecule has 0 unspecified atom stereocenters. The molecule has 1 aromatic rings. The van der Waals surface area contributed by atoms with Crippen LogP contribution < -0.4 is 0 Å². The van der Waals surface area contributed by atoms with Gasteiger partial charge in [0.2, 0.25) is 5.91 Å². The van der Waals surface area contributed by atoms with E-state index in [9.17, 15) is 9.18 Å². The molecule has 1 heterocycles. The van der Waals surface area contributed by atoms with Crippen LogP contribution in [0, 0.1) is 12.7 Å². The number of carbonyl (C=O) groups is 1. The Balaban J connectivity index is 1.95. The number of piperazine rings is 1. The van der Waals surface area contributed by atoms with Gasteiger partial charge in [-0.05, 0) is 30.2 Å². The van der Waals surface area contributed by atoms with Crippen LogP contribution in [-0.2, 0) is 11.3 Å². The van der Waals surface area contributed by atoms with Crippen LogP contribution in [0.25, 0.3) is 0 Å². The monoisotopic (exact) mass is 250 g/mol. The summed E-state index contributed by atoms with van der Waals surface area (Å²) < 4.78 is 13.2. The molecule has 0 atom stereocenters. The first-order chi connectivity index (χ1) is 8.56. The Morgan fingerprint density at radius 1 is 1.28 bits per heavy atom. The first-order valence-electron chi connectivity index (χ1n) is 6.29. The SMILES string of the molecule is CC(=O)N1CCN(Cc2cc(F)ccc2C)CC1. The van der Waals surface area contributed by atoms with Gasteiger partial charge in [-0.1, -0.05) is 6.07 Å². The number of benzene rings is 1. The van der Waals surface area contributed by atoms with Gasteiger partial charge in [-0.2, -0.15) is 0 Å². The molecule has 98 valence electrons.